The van der Waals surface area contributed by atoms with Crippen molar-refractivity contribution in [3.63, 3.8) is 0 Å². The molecule has 1 aromatic rings. The maximum atomic E-state index is 3.39. The van der Waals surface area contributed by atoms with Crippen molar-refractivity contribution >= 4 is 11.3 Å². The van der Waals surface area contributed by atoms with Gasteiger partial charge in [0.05, 0.1) is 0 Å². The van der Waals surface area contributed by atoms with Gasteiger partial charge in [-0.3, -0.25) is 0 Å². The van der Waals surface area contributed by atoms with E-state index < -0.39 is 0 Å². The van der Waals surface area contributed by atoms with E-state index in [9.17, 15) is 0 Å². The summed E-state index contributed by atoms with van der Waals surface area (Å²) in [7, 11) is 1.99. The molecule has 0 aliphatic rings. The second kappa shape index (κ2) is 6.17. The SMILES string of the molecule is CNCCCNCc1cccs1. The molecule has 0 saturated heterocycles. The van der Waals surface area contributed by atoms with Crippen LogP contribution in [0.25, 0.3) is 0 Å². The molecule has 12 heavy (non-hydrogen) atoms. The Morgan fingerprint density at radius 2 is 2.33 bits per heavy atom. The monoisotopic (exact) mass is 184 g/mol. The van der Waals surface area contributed by atoms with Crippen LogP contribution in [0, 0.1) is 0 Å². The van der Waals surface area contributed by atoms with Gasteiger partial charge in [0.1, 0.15) is 0 Å². The molecule has 0 aliphatic heterocycles. The van der Waals surface area contributed by atoms with E-state index in [1.807, 2.05) is 18.4 Å². The fourth-order valence-electron chi connectivity index (χ4n) is 1.01. The van der Waals surface area contributed by atoms with Crippen LogP contribution in [0.1, 0.15) is 11.3 Å². The average molecular weight is 184 g/mol. The predicted molar refractivity (Wildman–Crippen MR) is 54.6 cm³/mol. The van der Waals surface area contributed by atoms with E-state index in [2.05, 4.69) is 28.1 Å². The standard InChI is InChI=1S/C9H16N2S/c1-10-5-3-6-11-8-9-4-2-7-12-9/h2,4,7,10-11H,3,5-6,8H2,1H3. The number of hydrogen-bond donors (Lipinski definition) is 2. The summed E-state index contributed by atoms with van der Waals surface area (Å²) in [6, 6.07) is 4.25. The maximum absolute atomic E-state index is 3.39. The third-order valence-electron chi connectivity index (χ3n) is 1.66. The van der Waals surface area contributed by atoms with Crippen molar-refractivity contribution in [3.8, 4) is 0 Å². The molecule has 1 rings (SSSR count). The summed E-state index contributed by atoms with van der Waals surface area (Å²) in [5.41, 5.74) is 0. The fraction of sp³-hybridized carbons (Fsp3) is 0.556. The van der Waals surface area contributed by atoms with E-state index in [0.29, 0.717) is 0 Å². The second-order valence-corrected chi connectivity index (χ2v) is 3.75. The van der Waals surface area contributed by atoms with Gasteiger partial charge in [0.25, 0.3) is 0 Å². The minimum atomic E-state index is 1.02. The van der Waals surface area contributed by atoms with Crippen LogP contribution in [0.3, 0.4) is 0 Å². The van der Waals surface area contributed by atoms with Gasteiger partial charge in [-0.15, -0.1) is 11.3 Å². The molecule has 0 amide bonds. The minimum Gasteiger partial charge on any atom is -0.320 e. The molecule has 0 aliphatic carbocycles. The van der Waals surface area contributed by atoms with Gasteiger partial charge in [-0.2, -0.15) is 0 Å². The lowest BCUT2D eigenvalue weighted by atomic mass is 10.4. The largest absolute Gasteiger partial charge is 0.320 e. The highest BCUT2D eigenvalue weighted by Crippen LogP contribution is 2.06. The summed E-state index contributed by atoms with van der Waals surface area (Å²) in [5.74, 6) is 0. The Balaban J connectivity index is 1.96. The highest BCUT2D eigenvalue weighted by atomic mass is 32.1. The Morgan fingerprint density at radius 1 is 1.42 bits per heavy atom. The molecule has 0 atom stereocenters. The van der Waals surface area contributed by atoms with Crippen LogP contribution in [-0.2, 0) is 6.54 Å². The predicted octanol–water partition coefficient (Wildman–Crippen LogP) is 1.45. The summed E-state index contributed by atoms with van der Waals surface area (Å²) in [6.45, 7) is 3.21. The maximum Gasteiger partial charge on any atom is 0.0299 e. The van der Waals surface area contributed by atoms with E-state index in [-0.39, 0.29) is 0 Å². The van der Waals surface area contributed by atoms with Crippen LogP contribution >= 0.6 is 11.3 Å². The van der Waals surface area contributed by atoms with Crippen molar-refractivity contribution in [2.45, 2.75) is 13.0 Å². The molecule has 0 unspecified atom stereocenters. The fourth-order valence-corrected chi connectivity index (χ4v) is 1.69. The highest BCUT2D eigenvalue weighted by molar-refractivity contribution is 7.09. The first-order chi connectivity index (χ1) is 5.93. The number of nitrogens with one attached hydrogen (secondary N) is 2. The third-order valence-corrected chi connectivity index (χ3v) is 2.54. The van der Waals surface area contributed by atoms with Crippen LogP contribution < -0.4 is 10.6 Å². The van der Waals surface area contributed by atoms with Crippen molar-refractivity contribution < 1.29 is 0 Å². The normalized spacial score (nSPS) is 10.4. The average Bonchev–Trinajstić information content (AvgIpc) is 2.57. The van der Waals surface area contributed by atoms with Crippen LogP contribution in [0.15, 0.2) is 17.5 Å². The van der Waals surface area contributed by atoms with Crippen LogP contribution in [-0.4, -0.2) is 20.1 Å². The molecule has 3 heteroatoms. The molecule has 0 spiro atoms. The molecular weight excluding hydrogens is 168 g/mol. The van der Waals surface area contributed by atoms with Crippen LogP contribution in [0.5, 0.6) is 0 Å². The van der Waals surface area contributed by atoms with Crippen molar-refractivity contribution in [1.82, 2.24) is 10.6 Å². The van der Waals surface area contributed by atoms with Gasteiger partial charge in [0.15, 0.2) is 0 Å². The molecule has 0 saturated carbocycles. The van der Waals surface area contributed by atoms with Crippen LogP contribution in [0.4, 0.5) is 0 Å². The Kier molecular flexibility index (Phi) is 4.99. The lowest BCUT2D eigenvalue weighted by Gasteiger charge is -2.01. The van der Waals surface area contributed by atoms with Crippen molar-refractivity contribution in [2.24, 2.45) is 0 Å². The summed E-state index contributed by atoms with van der Waals surface area (Å²) in [4.78, 5) is 1.42. The first-order valence-corrected chi connectivity index (χ1v) is 5.19. The van der Waals surface area contributed by atoms with E-state index in [1.165, 1.54) is 11.3 Å². The first-order valence-electron chi connectivity index (χ1n) is 4.31. The van der Waals surface area contributed by atoms with Gasteiger partial charge in [-0.25, -0.2) is 0 Å². The Labute approximate surface area is 78.0 Å². The van der Waals surface area contributed by atoms with E-state index in [1.54, 1.807) is 0 Å². The topological polar surface area (TPSA) is 24.1 Å². The van der Waals surface area contributed by atoms with E-state index in [0.717, 1.165) is 19.6 Å². The second-order valence-electron chi connectivity index (χ2n) is 2.71. The van der Waals surface area contributed by atoms with E-state index >= 15 is 0 Å². The highest BCUT2D eigenvalue weighted by Gasteiger charge is 1.91. The van der Waals surface area contributed by atoms with Crippen molar-refractivity contribution in [2.75, 3.05) is 20.1 Å². The van der Waals surface area contributed by atoms with Crippen LogP contribution in [0.2, 0.25) is 0 Å². The zero-order chi connectivity index (χ0) is 8.65. The Hall–Kier alpha value is -0.380. The first kappa shape index (κ1) is 9.71. The smallest absolute Gasteiger partial charge is 0.0299 e. The summed E-state index contributed by atoms with van der Waals surface area (Å²) in [6.07, 6.45) is 1.20. The van der Waals surface area contributed by atoms with Gasteiger partial charge < -0.3 is 10.6 Å². The molecule has 0 fully saturated rings. The number of thiophene rings is 1. The van der Waals surface area contributed by atoms with Crippen molar-refractivity contribution in [1.29, 1.82) is 0 Å². The Morgan fingerprint density at radius 3 is 3.00 bits per heavy atom. The minimum absolute atomic E-state index is 1.02. The molecule has 2 N–H and O–H groups in total. The Bertz CT molecular complexity index is 184. The summed E-state index contributed by atoms with van der Waals surface area (Å²) < 4.78 is 0. The zero-order valence-corrected chi connectivity index (χ0v) is 8.29. The van der Waals surface area contributed by atoms with Gasteiger partial charge in [-0.1, -0.05) is 6.07 Å². The molecule has 0 bridgehead atoms. The molecular formula is C9H16N2S. The van der Waals surface area contributed by atoms with Gasteiger partial charge in [0, 0.05) is 11.4 Å². The molecule has 1 heterocycles. The lowest BCUT2D eigenvalue weighted by molar-refractivity contribution is 0.629. The van der Waals surface area contributed by atoms with Gasteiger partial charge in [0.2, 0.25) is 0 Å². The molecule has 68 valence electrons. The van der Waals surface area contributed by atoms with Crippen molar-refractivity contribution in [3.05, 3.63) is 22.4 Å². The molecule has 1 aromatic heterocycles. The lowest BCUT2D eigenvalue weighted by Crippen LogP contribution is -2.18. The number of hydrogen-bond acceptors (Lipinski definition) is 3. The summed E-state index contributed by atoms with van der Waals surface area (Å²) in [5, 5.41) is 8.63. The molecule has 2 nitrogen and oxygen atoms in total. The van der Waals surface area contributed by atoms with Gasteiger partial charge in [-0.05, 0) is 38.0 Å². The summed E-state index contributed by atoms with van der Waals surface area (Å²) >= 11 is 1.81. The number of rotatable bonds is 6. The third kappa shape index (κ3) is 3.85. The van der Waals surface area contributed by atoms with Gasteiger partial charge >= 0.3 is 0 Å². The molecule has 0 radical (unpaired) electrons. The zero-order valence-electron chi connectivity index (χ0n) is 7.47. The quantitative estimate of drug-likeness (QED) is 0.654. The molecule has 0 aromatic carbocycles. The van der Waals surface area contributed by atoms with E-state index in [4.69, 9.17) is 0 Å².